The molecule has 1 saturated carbocycles. The lowest BCUT2D eigenvalue weighted by Crippen LogP contribution is -2.25. The predicted molar refractivity (Wildman–Crippen MR) is 88.0 cm³/mol. The minimum Gasteiger partial charge on any atom is -0.476 e. The lowest BCUT2D eigenvalue weighted by atomic mass is 10.3. The van der Waals surface area contributed by atoms with Gasteiger partial charge in [0.1, 0.15) is 5.82 Å². The Labute approximate surface area is 129 Å². The molecule has 0 bridgehead atoms. The van der Waals surface area contributed by atoms with Gasteiger partial charge in [-0.1, -0.05) is 13.0 Å². The average Bonchev–Trinajstić information content (AvgIpc) is 3.21. The van der Waals surface area contributed by atoms with Crippen LogP contribution in [0.1, 0.15) is 31.1 Å². The van der Waals surface area contributed by atoms with Gasteiger partial charge in [-0.3, -0.25) is 0 Å². The second-order valence-electron chi connectivity index (χ2n) is 5.35. The van der Waals surface area contributed by atoms with Gasteiger partial charge >= 0.3 is 0 Å². The summed E-state index contributed by atoms with van der Waals surface area (Å²) in [5, 5.41) is 2.12. The summed E-state index contributed by atoms with van der Waals surface area (Å²) in [5.74, 6) is 1.53. The Morgan fingerprint density at radius 3 is 2.90 bits per heavy atom. The molecule has 1 aliphatic carbocycles. The average molecular weight is 303 g/mol. The summed E-state index contributed by atoms with van der Waals surface area (Å²) in [6, 6.07) is 8.77. The predicted octanol–water partition coefficient (Wildman–Crippen LogP) is 3.68. The van der Waals surface area contributed by atoms with Crippen LogP contribution >= 0.6 is 11.3 Å². The molecule has 0 spiro atoms. The van der Waals surface area contributed by atoms with Crippen molar-refractivity contribution in [3.05, 3.63) is 34.5 Å². The molecule has 0 amide bonds. The van der Waals surface area contributed by atoms with Crippen LogP contribution in [0, 0.1) is 0 Å². The van der Waals surface area contributed by atoms with Gasteiger partial charge in [0.05, 0.1) is 18.8 Å². The lowest BCUT2D eigenvalue weighted by Gasteiger charge is -2.23. The van der Waals surface area contributed by atoms with E-state index in [-0.39, 0.29) is 0 Å². The summed E-state index contributed by atoms with van der Waals surface area (Å²) in [6.07, 6.45) is 3.43. The SMILES string of the molecule is CCCOc1nc(N(Cc2cccs2)C2CC2)ccc1N. The zero-order valence-corrected chi connectivity index (χ0v) is 13.1. The van der Waals surface area contributed by atoms with Gasteiger partial charge in [-0.2, -0.15) is 4.98 Å². The Bertz CT molecular complexity index is 581. The summed E-state index contributed by atoms with van der Waals surface area (Å²) in [5.41, 5.74) is 6.56. The molecule has 0 radical (unpaired) electrons. The molecule has 2 aromatic rings. The van der Waals surface area contributed by atoms with Crippen LogP contribution in [0.5, 0.6) is 5.88 Å². The van der Waals surface area contributed by atoms with Gasteiger partial charge in [0.15, 0.2) is 0 Å². The van der Waals surface area contributed by atoms with E-state index >= 15 is 0 Å². The Hall–Kier alpha value is -1.75. The summed E-state index contributed by atoms with van der Waals surface area (Å²) in [4.78, 5) is 8.36. The van der Waals surface area contributed by atoms with E-state index in [1.54, 1.807) is 11.3 Å². The van der Waals surface area contributed by atoms with Crippen molar-refractivity contribution < 1.29 is 4.74 Å². The molecule has 1 aliphatic rings. The summed E-state index contributed by atoms with van der Waals surface area (Å²) >= 11 is 1.79. The van der Waals surface area contributed by atoms with Crippen molar-refractivity contribution in [1.82, 2.24) is 4.98 Å². The fourth-order valence-electron chi connectivity index (χ4n) is 2.27. The van der Waals surface area contributed by atoms with Gasteiger partial charge in [0.25, 0.3) is 0 Å². The van der Waals surface area contributed by atoms with Gasteiger partial charge in [-0.05, 0) is 42.8 Å². The van der Waals surface area contributed by atoms with E-state index in [2.05, 4.69) is 34.3 Å². The second-order valence-corrected chi connectivity index (χ2v) is 6.38. The molecule has 0 aliphatic heterocycles. The maximum Gasteiger partial charge on any atom is 0.239 e. The maximum atomic E-state index is 5.95. The van der Waals surface area contributed by atoms with Crippen molar-refractivity contribution in [2.45, 2.75) is 38.8 Å². The van der Waals surface area contributed by atoms with Gasteiger partial charge in [0.2, 0.25) is 5.88 Å². The number of thiophene rings is 1. The zero-order valence-electron chi connectivity index (χ0n) is 12.3. The van der Waals surface area contributed by atoms with E-state index < -0.39 is 0 Å². The van der Waals surface area contributed by atoms with E-state index in [1.807, 2.05) is 12.1 Å². The normalized spacial score (nSPS) is 14.1. The van der Waals surface area contributed by atoms with Crippen LogP contribution in [0.15, 0.2) is 29.6 Å². The van der Waals surface area contributed by atoms with Crippen LogP contribution in [0.25, 0.3) is 0 Å². The number of nitrogens with two attached hydrogens (primary N) is 1. The molecule has 0 aromatic carbocycles. The Kier molecular flexibility index (Phi) is 4.29. The lowest BCUT2D eigenvalue weighted by molar-refractivity contribution is 0.307. The standard InChI is InChI=1S/C16H21N3OS/c1-2-9-20-16-14(17)7-8-15(18-16)19(12-5-6-12)11-13-4-3-10-21-13/h3-4,7-8,10,12H,2,5-6,9,11,17H2,1H3. The van der Waals surface area contributed by atoms with E-state index in [0.29, 0.717) is 24.2 Å². The number of nitrogens with zero attached hydrogens (tertiary/aromatic N) is 2. The van der Waals surface area contributed by atoms with Crippen LogP contribution in [-0.4, -0.2) is 17.6 Å². The summed E-state index contributed by atoms with van der Waals surface area (Å²) < 4.78 is 5.65. The third kappa shape index (κ3) is 3.47. The smallest absolute Gasteiger partial charge is 0.239 e. The quantitative estimate of drug-likeness (QED) is 0.847. The summed E-state index contributed by atoms with van der Waals surface area (Å²) in [6.45, 7) is 3.63. The molecule has 4 nitrogen and oxygen atoms in total. The highest BCUT2D eigenvalue weighted by Crippen LogP contribution is 2.34. The van der Waals surface area contributed by atoms with Crippen molar-refractivity contribution in [2.24, 2.45) is 0 Å². The molecule has 2 heterocycles. The molecule has 21 heavy (non-hydrogen) atoms. The molecule has 5 heteroatoms. The van der Waals surface area contributed by atoms with Gasteiger partial charge < -0.3 is 15.4 Å². The Morgan fingerprint density at radius 2 is 2.24 bits per heavy atom. The zero-order chi connectivity index (χ0) is 14.7. The number of pyridine rings is 1. The minimum atomic E-state index is 0.561. The van der Waals surface area contributed by atoms with Gasteiger partial charge in [-0.15, -0.1) is 11.3 Å². The maximum absolute atomic E-state index is 5.95. The van der Waals surface area contributed by atoms with E-state index in [1.165, 1.54) is 17.7 Å². The first kappa shape index (κ1) is 14.2. The third-order valence-electron chi connectivity index (χ3n) is 3.51. The monoisotopic (exact) mass is 303 g/mol. The van der Waals surface area contributed by atoms with Crippen LogP contribution in [-0.2, 0) is 6.54 Å². The highest BCUT2D eigenvalue weighted by Gasteiger charge is 2.30. The van der Waals surface area contributed by atoms with Crippen LogP contribution in [0.4, 0.5) is 11.5 Å². The van der Waals surface area contributed by atoms with Crippen molar-refractivity contribution in [2.75, 3.05) is 17.2 Å². The Balaban J connectivity index is 1.81. The molecule has 0 saturated heterocycles. The molecule has 112 valence electrons. The molecule has 2 N–H and O–H groups in total. The molecule has 1 fully saturated rings. The molecule has 3 rings (SSSR count). The first-order valence-electron chi connectivity index (χ1n) is 7.46. The number of hydrogen-bond acceptors (Lipinski definition) is 5. The second kappa shape index (κ2) is 6.35. The molecular formula is C16H21N3OS. The fourth-order valence-corrected chi connectivity index (χ4v) is 2.97. The van der Waals surface area contributed by atoms with Crippen molar-refractivity contribution in [3.8, 4) is 5.88 Å². The summed E-state index contributed by atoms with van der Waals surface area (Å²) in [7, 11) is 0. The number of rotatable bonds is 7. The number of hydrogen-bond donors (Lipinski definition) is 1. The largest absolute Gasteiger partial charge is 0.476 e. The molecule has 0 atom stereocenters. The molecular weight excluding hydrogens is 282 g/mol. The van der Waals surface area contributed by atoms with Crippen molar-refractivity contribution >= 4 is 22.8 Å². The first-order valence-corrected chi connectivity index (χ1v) is 8.34. The first-order chi connectivity index (χ1) is 10.3. The number of anilines is 2. The fraction of sp³-hybridized carbons (Fsp3) is 0.438. The Morgan fingerprint density at radius 1 is 1.38 bits per heavy atom. The van der Waals surface area contributed by atoms with Gasteiger partial charge in [0, 0.05) is 10.9 Å². The van der Waals surface area contributed by atoms with Crippen LogP contribution in [0.3, 0.4) is 0 Å². The van der Waals surface area contributed by atoms with Crippen molar-refractivity contribution in [3.63, 3.8) is 0 Å². The van der Waals surface area contributed by atoms with Crippen LogP contribution < -0.4 is 15.4 Å². The highest BCUT2D eigenvalue weighted by molar-refractivity contribution is 7.09. The highest BCUT2D eigenvalue weighted by atomic mass is 32.1. The van der Waals surface area contributed by atoms with E-state index in [9.17, 15) is 0 Å². The van der Waals surface area contributed by atoms with Crippen molar-refractivity contribution in [1.29, 1.82) is 0 Å². The minimum absolute atomic E-state index is 0.561. The topological polar surface area (TPSA) is 51.4 Å². The third-order valence-corrected chi connectivity index (χ3v) is 4.37. The number of aromatic nitrogens is 1. The van der Waals surface area contributed by atoms with E-state index in [0.717, 1.165) is 18.8 Å². The van der Waals surface area contributed by atoms with Crippen LogP contribution in [0.2, 0.25) is 0 Å². The van der Waals surface area contributed by atoms with Gasteiger partial charge in [-0.25, -0.2) is 0 Å². The number of nitrogen functional groups attached to an aromatic ring is 1. The van der Waals surface area contributed by atoms with E-state index in [4.69, 9.17) is 10.5 Å². The molecule has 0 unspecified atom stereocenters. The molecule has 2 aromatic heterocycles. The number of ether oxygens (including phenoxy) is 1.